The lowest BCUT2D eigenvalue weighted by Crippen LogP contribution is -2.36. The Morgan fingerprint density at radius 2 is 1.96 bits per heavy atom. The molecule has 1 amide bonds. The van der Waals surface area contributed by atoms with Crippen molar-refractivity contribution in [3.63, 3.8) is 0 Å². The Bertz CT molecular complexity index is 619. The van der Waals surface area contributed by atoms with E-state index < -0.39 is 0 Å². The van der Waals surface area contributed by atoms with E-state index in [-0.39, 0.29) is 0 Å². The smallest absolute Gasteiger partial charge is 0.222 e. The first-order chi connectivity index (χ1) is 11.1. The highest BCUT2D eigenvalue weighted by atomic mass is 16.5. The number of amides is 1. The number of carbonyl (C=O) groups is 1. The van der Waals surface area contributed by atoms with Gasteiger partial charge in [0.15, 0.2) is 0 Å². The molecule has 0 saturated heterocycles. The van der Waals surface area contributed by atoms with E-state index in [0.717, 1.165) is 11.3 Å². The van der Waals surface area contributed by atoms with Crippen LogP contribution in [0.4, 0.5) is 5.69 Å². The second kappa shape index (κ2) is 10.1. The van der Waals surface area contributed by atoms with Gasteiger partial charge in [0, 0.05) is 30.1 Å². The minimum atomic E-state index is 0.444. The molecule has 1 heterocycles. The molecule has 2 rings (SSSR count). The number of rotatable bonds is 6. The number of aryl methyl sites for hydroxylation is 2. The minimum Gasteiger partial charge on any atom is -0.473 e. The molecule has 0 spiro atoms. The minimum absolute atomic E-state index is 0.444. The second-order valence-corrected chi connectivity index (χ2v) is 4.67. The Hall–Kier alpha value is -2.64. The van der Waals surface area contributed by atoms with Crippen LogP contribution < -0.4 is 26.9 Å². The molecule has 2 aromatic rings. The molecule has 0 bridgehead atoms. The van der Waals surface area contributed by atoms with Gasteiger partial charge in [-0.3, -0.25) is 16.1 Å². The summed E-state index contributed by atoms with van der Waals surface area (Å²) in [6, 6.07) is 10.1. The first-order valence-electron chi connectivity index (χ1n) is 7.09. The number of pyridine rings is 1. The standard InChI is InChI=1S/C15H18N2O.CH5N3O/c1-11-6-4-8-14(16-3)13(11)10-18-15-12(2)7-5-9-17-15;2-4-3-1-5/h4-9,16H,10H2,1-3H3;1,4H,2H2,(H,3,5). The van der Waals surface area contributed by atoms with Crippen LogP contribution in [-0.4, -0.2) is 18.4 Å². The summed E-state index contributed by atoms with van der Waals surface area (Å²) in [5.74, 6) is 5.24. The normalized spacial score (nSPS) is 9.39. The van der Waals surface area contributed by atoms with Crippen LogP contribution in [0, 0.1) is 13.8 Å². The predicted molar refractivity (Wildman–Crippen MR) is 90.6 cm³/mol. The molecule has 0 aliphatic carbocycles. The SMILES string of the molecule is CNc1cccc(C)c1COc1ncccc1C.NNNC=O. The molecule has 5 N–H and O–H groups in total. The number of aromatic nitrogens is 1. The van der Waals surface area contributed by atoms with Crippen LogP contribution in [0.3, 0.4) is 0 Å². The van der Waals surface area contributed by atoms with Crippen LogP contribution in [0.2, 0.25) is 0 Å². The van der Waals surface area contributed by atoms with Gasteiger partial charge in [-0.15, -0.1) is 0 Å². The Labute approximate surface area is 136 Å². The number of nitrogens with one attached hydrogen (secondary N) is 3. The number of benzene rings is 1. The van der Waals surface area contributed by atoms with Gasteiger partial charge >= 0.3 is 0 Å². The Morgan fingerprint density at radius 3 is 2.52 bits per heavy atom. The summed E-state index contributed by atoms with van der Waals surface area (Å²) in [7, 11) is 1.92. The molecular formula is C16H23N5O2. The molecule has 0 atom stereocenters. The summed E-state index contributed by atoms with van der Waals surface area (Å²) in [5.41, 5.74) is 8.40. The number of nitrogens with zero attached hydrogens (tertiary/aromatic N) is 1. The Morgan fingerprint density at radius 1 is 1.22 bits per heavy atom. The second-order valence-electron chi connectivity index (χ2n) is 4.67. The zero-order valence-electron chi connectivity index (χ0n) is 13.6. The fourth-order valence-electron chi connectivity index (χ4n) is 1.92. The van der Waals surface area contributed by atoms with Crippen LogP contribution in [0.1, 0.15) is 16.7 Å². The maximum absolute atomic E-state index is 9.15. The van der Waals surface area contributed by atoms with Gasteiger partial charge in [0.25, 0.3) is 0 Å². The molecule has 0 aliphatic heterocycles. The van der Waals surface area contributed by atoms with Crippen LogP contribution in [0.15, 0.2) is 36.5 Å². The van der Waals surface area contributed by atoms with Gasteiger partial charge < -0.3 is 10.1 Å². The zero-order valence-corrected chi connectivity index (χ0v) is 13.6. The molecule has 0 fully saturated rings. The largest absolute Gasteiger partial charge is 0.473 e. The molecule has 0 radical (unpaired) electrons. The monoisotopic (exact) mass is 317 g/mol. The third-order valence-corrected chi connectivity index (χ3v) is 3.14. The Kier molecular flexibility index (Phi) is 8.12. The third kappa shape index (κ3) is 5.93. The van der Waals surface area contributed by atoms with E-state index in [2.05, 4.69) is 35.2 Å². The fraction of sp³-hybridized carbons (Fsp3) is 0.250. The Balaban J connectivity index is 0.000000463. The van der Waals surface area contributed by atoms with Crippen molar-refractivity contribution in [1.29, 1.82) is 0 Å². The van der Waals surface area contributed by atoms with Gasteiger partial charge in [-0.2, -0.15) is 5.53 Å². The van der Waals surface area contributed by atoms with Crippen molar-refractivity contribution < 1.29 is 9.53 Å². The van der Waals surface area contributed by atoms with Gasteiger partial charge in [-0.1, -0.05) is 18.2 Å². The van der Waals surface area contributed by atoms with Crippen LogP contribution in [0.5, 0.6) is 5.88 Å². The van der Waals surface area contributed by atoms with E-state index >= 15 is 0 Å². The number of anilines is 1. The predicted octanol–water partition coefficient (Wildman–Crippen LogP) is 1.43. The fourth-order valence-corrected chi connectivity index (χ4v) is 1.92. The van der Waals surface area contributed by atoms with E-state index in [4.69, 9.17) is 9.53 Å². The molecule has 124 valence electrons. The molecule has 7 nitrogen and oxygen atoms in total. The highest BCUT2D eigenvalue weighted by molar-refractivity contribution is 5.53. The van der Waals surface area contributed by atoms with Gasteiger partial charge in [0.05, 0.1) is 0 Å². The summed E-state index contributed by atoms with van der Waals surface area (Å²) in [4.78, 5) is 13.4. The molecule has 1 aromatic carbocycles. The lowest BCUT2D eigenvalue weighted by Gasteiger charge is -2.13. The van der Waals surface area contributed by atoms with Crippen LogP contribution >= 0.6 is 0 Å². The quantitative estimate of drug-likeness (QED) is 0.365. The summed E-state index contributed by atoms with van der Waals surface area (Å²) in [5, 5.41) is 3.19. The van der Waals surface area contributed by atoms with Crippen molar-refractivity contribution in [3.05, 3.63) is 53.2 Å². The number of hydrogen-bond donors (Lipinski definition) is 4. The number of hydrazine groups is 2. The summed E-state index contributed by atoms with van der Waals surface area (Å²) in [6.45, 7) is 4.62. The molecule has 0 saturated carbocycles. The van der Waals surface area contributed by atoms with Gasteiger partial charge in [-0.25, -0.2) is 4.98 Å². The highest BCUT2D eigenvalue weighted by Crippen LogP contribution is 2.22. The molecule has 7 heteroatoms. The third-order valence-electron chi connectivity index (χ3n) is 3.14. The average Bonchev–Trinajstić information content (AvgIpc) is 2.56. The molecular weight excluding hydrogens is 294 g/mol. The number of carbonyl (C=O) groups excluding carboxylic acids is 1. The molecule has 23 heavy (non-hydrogen) atoms. The number of nitrogens with two attached hydrogens (primary N) is 1. The number of hydrogen-bond acceptors (Lipinski definition) is 6. The molecule has 0 unspecified atom stereocenters. The van der Waals surface area contributed by atoms with Crippen LogP contribution in [0.25, 0.3) is 0 Å². The average molecular weight is 317 g/mol. The van der Waals surface area contributed by atoms with Crippen molar-refractivity contribution in [3.8, 4) is 5.88 Å². The summed E-state index contributed by atoms with van der Waals surface area (Å²) >= 11 is 0. The van der Waals surface area contributed by atoms with Crippen molar-refractivity contribution in [2.75, 3.05) is 12.4 Å². The first-order valence-corrected chi connectivity index (χ1v) is 7.09. The number of ether oxygens (including phenoxy) is 1. The van der Waals surface area contributed by atoms with E-state index in [0.29, 0.717) is 18.9 Å². The van der Waals surface area contributed by atoms with E-state index in [1.807, 2.05) is 43.1 Å². The summed E-state index contributed by atoms with van der Waals surface area (Å²) < 4.78 is 5.80. The molecule has 1 aromatic heterocycles. The maximum Gasteiger partial charge on any atom is 0.222 e. The topological polar surface area (TPSA) is 101 Å². The lowest BCUT2D eigenvalue weighted by atomic mass is 10.1. The molecule has 0 aliphatic rings. The van der Waals surface area contributed by atoms with Crippen molar-refractivity contribution in [2.24, 2.45) is 5.84 Å². The van der Waals surface area contributed by atoms with Crippen molar-refractivity contribution >= 4 is 12.1 Å². The maximum atomic E-state index is 9.15. The van der Waals surface area contributed by atoms with E-state index in [1.54, 1.807) is 6.20 Å². The van der Waals surface area contributed by atoms with E-state index in [1.165, 1.54) is 11.1 Å². The van der Waals surface area contributed by atoms with Gasteiger partial charge in [-0.05, 0) is 31.5 Å². The van der Waals surface area contributed by atoms with Gasteiger partial charge in [0.1, 0.15) is 6.61 Å². The van der Waals surface area contributed by atoms with Gasteiger partial charge in [0.2, 0.25) is 12.3 Å². The summed E-state index contributed by atoms with van der Waals surface area (Å²) in [6.07, 6.45) is 2.19. The van der Waals surface area contributed by atoms with Crippen LogP contribution in [-0.2, 0) is 11.4 Å². The van der Waals surface area contributed by atoms with E-state index in [9.17, 15) is 0 Å². The first kappa shape index (κ1) is 18.4. The van der Waals surface area contributed by atoms with Crippen molar-refractivity contribution in [1.82, 2.24) is 15.9 Å². The zero-order chi connectivity index (χ0) is 17.1. The van der Waals surface area contributed by atoms with Crippen molar-refractivity contribution in [2.45, 2.75) is 20.5 Å². The lowest BCUT2D eigenvalue weighted by molar-refractivity contribution is -0.110. The highest BCUT2D eigenvalue weighted by Gasteiger charge is 2.06.